The summed E-state index contributed by atoms with van der Waals surface area (Å²) < 4.78 is 5.93. The number of benzene rings is 1. The van der Waals surface area contributed by atoms with Crippen molar-refractivity contribution in [1.29, 1.82) is 0 Å². The highest BCUT2D eigenvalue weighted by molar-refractivity contribution is 7.14. The molecule has 1 aromatic carbocycles. The van der Waals surface area contributed by atoms with Gasteiger partial charge in [-0.25, -0.2) is 4.98 Å². The molecule has 0 saturated carbocycles. The number of amides is 3. The van der Waals surface area contributed by atoms with Gasteiger partial charge in [-0.1, -0.05) is 24.3 Å². The molecule has 10 heteroatoms. The monoisotopic (exact) mass is 508 g/mol. The zero-order valence-electron chi connectivity index (χ0n) is 18.9. The van der Waals surface area contributed by atoms with Gasteiger partial charge in [0.15, 0.2) is 10.9 Å². The van der Waals surface area contributed by atoms with E-state index in [2.05, 4.69) is 0 Å². The first-order valence-electron chi connectivity index (χ1n) is 11.4. The highest BCUT2D eigenvalue weighted by Crippen LogP contribution is 2.32. The van der Waals surface area contributed by atoms with Crippen molar-refractivity contribution in [2.75, 3.05) is 18.0 Å². The van der Waals surface area contributed by atoms with Crippen molar-refractivity contribution in [3.05, 3.63) is 58.1 Å². The first-order valence-corrected chi connectivity index (χ1v) is 13.2. The number of nitrogens with two attached hydrogens (primary N) is 1. The summed E-state index contributed by atoms with van der Waals surface area (Å²) in [6, 6.07) is 12.8. The van der Waals surface area contributed by atoms with Crippen molar-refractivity contribution in [2.24, 2.45) is 5.73 Å². The summed E-state index contributed by atoms with van der Waals surface area (Å²) in [5, 5.41) is 5.25. The Labute approximate surface area is 210 Å². The molecule has 1 saturated heterocycles. The van der Waals surface area contributed by atoms with Crippen LogP contribution in [0.1, 0.15) is 35.4 Å². The molecule has 35 heavy (non-hydrogen) atoms. The van der Waals surface area contributed by atoms with E-state index in [-0.39, 0.29) is 18.2 Å². The molecule has 0 bridgehead atoms. The molecular weight excluding hydrogens is 484 g/mol. The van der Waals surface area contributed by atoms with E-state index >= 15 is 0 Å². The van der Waals surface area contributed by atoms with Crippen LogP contribution in [0.5, 0.6) is 0 Å². The van der Waals surface area contributed by atoms with Crippen molar-refractivity contribution in [3.63, 3.8) is 0 Å². The molecule has 0 aliphatic carbocycles. The number of hydrogen-bond acceptors (Lipinski definition) is 7. The van der Waals surface area contributed by atoms with Crippen molar-refractivity contribution in [3.8, 4) is 11.5 Å². The third-order valence-electron chi connectivity index (χ3n) is 6.05. The number of fused-ring (bicyclic) bond motifs is 1. The maximum atomic E-state index is 13.3. The number of nitrogens with zero attached hydrogens (tertiary/aromatic N) is 3. The number of thiophene rings is 1. The number of rotatable bonds is 8. The van der Waals surface area contributed by atoms with Gasteiger partial charge in [0.25, 0.3) is 5.91 Å². The number of likely N-dealkylation sites (tertiary alicyclic amines) is 1. The highest BCUT2D eigenvalue weighted by Gasteiger charge is 2.32. The Morgan fingerprint density at radius 2 is 2.03 bits per heavy atom. The molecule has 3 aromatic heterocycles. The fourth-order valence-corrected chi connectivity index (χ4v) is 5.83. The lowest BCUT2D eigenvalue weighted by Crippen LogP contribution is -2.43. The van der Waals surface area contributed by atoms with Crippen molar-refractivity contribution in [1.82, 2.24) is 9.88 Å². The fourth-order valence-electron chi connectivity index (χ4n) is 4.32. The number of thiazole rings is 1. The number of hydrogen-bond donors (Lipinski definition) is 1. The van der Waals surface area contributed by atoms with Crippen molar-refractivity contribution in [2.45, 2.75) is 31.7 Å². The van der Waals surface area contributed by atoms with E-state index in [1.165, 1.54) is 22.7 Å². The Morgan fingerprint density at radius 3 is 2.80 bits per heavy atom. The predicted octanol–water partition coefficient (Wildman–Crippen LogP) is 4.52. The topological polar surface area (TPSA) is 110 Å². The van der Waals surface area contributed by atoms with Gasteiger partial charge in [0.05, 0.1) is 4.88 Å². The lowest BCUT2D eigenvalue weighted by molar-refractivity contribution is -0.137. The Bertz CT molecular complexity index is 1330. The van der Waals surface area contributed by atoms with Crippen LogP contribution in [0, 0.1) is 0 Å². The van der Waals surface area contributed by atoms with Gasteiger partial charge in [-0.05, 0) is 42.8 Å². The van der Waals surface area contributed by atoms with Gasteiger partial charge in [-0.3, -0.25) is 19.3 Å². The van der Waals surface area contributed by atoms with Crippen LogP contribution in [-0.2, 0) is 9.59 Å². The van der Waals surface area contributed by atoms with Gasteiger partial charge in [0.2, 0.25) is 11.8 Å². The second-order valence-electron chi connectivity index (χ2n) is 8.35. The average molecular weight is 509 g/mol. The molecule has 8 nitrogen and oxygen atoms in total. The molecule has 4 aromatic rings. The largest absolute Gasteiger partial charge is 0.454 e. The van der Waals surface area contributed by atoms with Gasteiger partial charge < -0.3 is 15.1 Å². The third-order valence-corrected chi connectivity index (χ3v) is 7.77. The summed E-state index contributed by atoms with van der Waals surface area (Å²) in [6.07, 6.45) is 2.04. The Morgan fingerprint density at radius 1 is 1.17 bits per heavy atom. The number of furan rings is 1. The number of aromatic nitrogens is 1. The zero-order valence-corrected chi connectivity index (χ0v) is 20.5. The maximum absolute atomic E-state index is 13.3. The van der Waals surface area contributed by atoms with Crippen LogP contribution < -0.4 is 10.6 Å². The summed E-state index contributed by atoms with van der Waals surface area (Å²) >= 11 is 2.72. The number of carbonyl (C=O) groups excluding carboxylic acids is 3. The van der Waals surface area contributed by atoms with Gasteiger partial charge in [0, 0.05) is 30.3 Å². The molecule has 0 spiro atoms. The van der Waals surface area contributed by atoms with Crippen LogP contribution in [0.15, 0.2) is 57.6 Å². The van der Waals surface area contributed by atoms with E-state index in [9.17, 15) is 14.4 Å². The summed E-state index contributed by atoms with van der Waals surface area (Å²) in [6.45, 7) is 0.863. The first-order chi connectivity index (χ1) is 17.0. The molecule has 3 amide bonds. The van der Waals surface area contributed by atoms with Crippen LogP contribution in [0.25, 0.3) is 22.4 Å². The van der Waals surface area contributed by atoms with E-state index in [4.69, 9.17) is 15.1 Å². The molecule has 1 aliphatic rings. The lowest BCUT2D eigenvalue weighted by Gasteiger charge is -2.23. The predicted molar refractivity (Wildman–Crippen MR) is 136 cm³/mol. The SMILES string of the molecule is NC(=O)C1CCCN1C(=O)CCCN(C(=O)c1cccs1)c1nc(-c2cc3ccccc3o2)cs1. The molecule has 5 rings (SSSR count). The second kappa shape index (κ2) is 10.0. The van der Waals surface area contributed by atoms with Crippen LogP contribution >= 0.6 is 22.7 Å². The molecule has 0 radical (unpaired) electrons. The Balaban J connectivity index is 1.33. The van der Waals surface area contributed by atoms with E-state index in [0.717, 1.165) is 17.4 Å². The smallest absolute Gasteiger partial charge is 0.270 e. The van der Waals surface area contributed by atoms with Gasteiger partial charge in [0.1, 0.15) is 17.3 Å². The molecule has 1 unspecified atom stereocenters. The van der Waals surface area contributed by atoms with Crippen molar-refractivity contribution >= 4 is 56.5 Å². The molecule has 4 heterocycles. The number of anilines is 1. The fraction of sp³-hybridized carbons (Fsp3) is 0.280. The molecule has 2 N–H and O–H groups in total. The minimum Gasteiger partial charge on any atom is -0.454 e. The minimum atomic E-state index is -0.531. The number of carbonyl (C=O) groups is 3. The lowest BCUT2D eigenvalue weighted by atomic mass is 10.2. The maximum Gasteiger partial charge on any atom is 0.270 e. The highest BCUT2D eigenvalue weighted by atomic mass is 32.1. The van der Waals surface area contributed by atoms with E-state index < -0.39 is 11.9 Å². The molecular formula is C25H24N4O4S2. The van der Waals surface area contributed by atoms with Gasteiger partial charge >= 0.3 is 0 Å². The van der Waals surface area contributed by atoms with E-state index in [0.29, 0.717) is 47.4 Å². The Hall–Kier alpha value is -3.50. The van der Waals surface area contributed by atoms with Gasteiger partial charge in [-0.2, -0.15) is 0 Å². The van der Waals surface area contributed by atoms with Crippen LogP contribution in [0.2, 0.25) is 0 Å². The van der Waals surface area contributed by atoms with Crippen LogP contribution in [0.4, 0.5) is 5.13 Å². The number of primary amides is 1. The first kappa shape index (κ1) is 23.3. The van der Waals surface area contributed by atoms with Gasteiger partial charge in [-0.15, -0.1) is 22.7 Å². The average Bonchev–Trinajstić information content (AvgIpc) is 3.66. The third kappa shape index (κ3) is 4.85. The second-order valence-corrected chi connectivity index (χ2v) is 10.1. The summed E-state index contributed by atoms with van der Waals surface area (Å²) in [7, 11) is 0. The van der Waals surface area contributed by atoms with Crippen LogP contribution in [-0.4, -0.2) is 46.7 Å². The molecule has 180 valence electrons. The quantitative estimate of drug-likeness (QED) is 0.376. The summed E-state index contributed by atoms with van der Waals surface area (Å²) in [4.78, 5) is 46.2. The Kier molecular flexibility index (Phi) is 6.65. The van der Waals surface area contributed by atoms with E-state index in [1.807, 2.05) is 47.2 Å². The number of para-hydroxylation sites is 1. The standard InChI is InChI=1S/C25H24N4O4S2/c26-23(31)18-7-3-11-28(18)22(30)10-4-12-29(24(32)21-9-5-13-34-21)25-27-17(15-35-25)20-14-16-6-1-2-8-19(16)33-20/h1-2,5-6,8-9,13-15,18H,3-4,7,10-12H2,(H2,26,31). The van der Waals surface area contributed by atoms with Crippen molar-refractivity contribution < 1.29 is 18.8 Å². The molecule has 1 fully saturated rings. The minimum absolute atomic E-state index is 0.114. The zero-order chi connectivity index (χ0) is 24.4. The summed E-state index contributed by atoms with van der Waals surface area (Å²) in [5.74, 6) is -0.101. The summed E-state index contributed by atoms with van der Waals surface area (Å²) in [5.41, 5.74) is 6.88. The normalized spacial score (nSPS) is 15.5. The van der Waals surface area contributed by atoms with Crippen LogP contribution in [0.3, 0.4) is 0 Å². The molecule has 1 atom stereocenters. The van der Waals surface area contributed by atoms with E-state index in [1.54, 1.807) is 15.9 Å². The molecule has 1 aliphatic heterocycles.